The summed E-state index contributed by atoms with van der Waals surface area (Å²) in [7, 11) is 4.26. The lowest BCUT2D eigenvalue weighted by Gasteiger charge is -2.32. The Bertz CT molecular complexity index is 2400. The lowest BCUT2D eigenvalue weighted by molar-refractivity contribution is -0.137. The number of aromatic nitrogens is 2. The van der Waals surface area contributed by atoms with E-state index in [0.717, 1.165) is 74.9 Å². The van der Waals surface area contributed by atoms with E-state index in [0.29, 0.717) is 45.0 Å². The van der Waals surface area contributed by atoms with Crippen molar-refractivity contribution < 1.29 is 38.1 Å². The van der Waals surface area contributed by atoms with Crippen LogP contribution in [0.3, 0.4) is 0 Å². The average Bonchev–Trinajstić information content (AvgIpc) is 4.13. The SMILES string of the molecule is CC.CCCC(NC(=O)OC)C(=O)N1CC(COC)CC1C1=NCC(c2ccc3c(c2)COc2cc4c(ccc5[nH]c(C6CCC(C)N6C(=O)C(NC(=O)OC)C(C)C)nc54)cc2-3)N1. The lowest BCUT2D eigenvalue weighted by atomic mass is 9.91. The molecule has 2 saturated heterocycles. The number of methoxy groups -OCH3 is 3. The molecule has 16 heteroatoms. The van der Waals surface area contributed by atoms with Gasteiger partial charge in [-0.15, -0.1) is 0 Å². The molecule has 8 rings (SSSR count). The third kappa shape index (κ3) is 9.06. The minimum Gasteiger partial charge on any atom is -0.488 e. The van der Waals surface area contributed by atoms with Crippen LogP contribution in [-0.4, -0.2) is 115 Å². The number of fused-ring (bicyclic) bond motifs is 6. The van der Waals surface area contributed by atoms with E-state index in [2.05, 4.69) is 57.3 Å². The number of rotatable bonds is 12. The fourth-order valence-electron chi connectivity index (χ4n) is 9.76. The van der Waals surface area contributed by atoms with Gasteiger partial charge in [0.25, 0.3) is 0 Å². The number of nitrogens with zero attached hydrogens (tertiary/aromatic N) is 4. The van der Waals surface area contributed by atoms with Gasteiger partial charge in [-0.1, -0.05) is 59.2 Å². The van der Waals surface area contributed by atoms with E-state index < -0.39 is 24.3 Å². The van der Waals surface area contributed by atoms with Gasteiger partial charge < -0.3 is 49.7 Å². The van der Waals surface area contributed by atoms with Crippen LogP contribution in [0.2, 0.25) is 0 Å². The molecule has 0 radical (unpaired) electrons. The number of benzene rings is 3. The van der Waals surface area contributed by atoms with Crippen molar-refractivity contribution in [3.63, 3.8) is 0 Å². The third-order valence-electron chi connectivity index (χ3n) is 12.9. The van der Waals surface area contributed by atoms with Crippen molar-refractivity contribution >= 4 is 51.6 Å². The van der Waals surface area contributed by atoms with Crippen LogP contribution >= 0.6 is 0 Å². The summed E-state index contributed by atoms with van der Waals surface area (Å²) in [6, 6.07) is 12.8. The molecule has 0 bridgehead atoms. The second-order valence-electron chi connectivity index (χ2n) is 17.4. The van der Waals surface area contributed by atoms with Gasteiger partial charge >= 0.3 is 12.2 Å². The van der Waals surface area contributed by atoms with Crippen molar-refractivity contribution in [1.82, 2.24) is 35.7 Å². The highest BCUT2D eigenvalue weighted by atomic mass is 16.5. The first kappa shape index (κ1) is 46.1. The molecule has 4 N–H and O–H groups in total. The van der Waals surface area contributed by atoms with Gasteiger partial charge in [0.15, 0.2) is 0 Å². The van der Waals surface area contributed by atoms with Crippen molar-refractivity contribution in [3.05, 3.63) is 59.4 Å². The zero-order valence-electron chi connectivity index (χ0n) is 38.6. The molecule has 3 aromatic carbocycles. The van der Waals surface area contributed by atoms with E-state index in [4.69, 9.17) is 28.9 Å². The highest BCUT2D eigenvalue weighted by Crippen LogP contribution is 2.43. The zero-order chi connectivity index (χ0) is 45.8. The maximum Gasteiger partial charge on any atom is 0.407 e. The number of H-pyrrole nitrogens is 1. The summed E-state index contributed by atoms with van der Waals surface area (Å²) in [6.07, 6.45) is 2.24. The number of amidine groups is 1. The molecule has 2 fully saturated rings. The number of nitrogens with one attached hydrogen (secondary N) is 4. The number of carbonyl (C=O) groups is 4. The Labute approximate surface area is 375 Å². The van der Waals surface area contributed by atoms with E-state index in [1.165, 1.54) is 14.2 Å². The number of carbonyl (C=O) groups excluding carboxylic acids is 4. The quantitative estimate of drug-likeness (QED) is 0.114. The monoisotopic (exact) mass is 880 g/mol. The molecule has 7 atom stereocenters. The molecule has 4 amide bonds. The highest BCUT2D eigenvalue weighted by molar-refractivity contribution is 6.07. The predicted molar refractivity (Wildman–Crippen MR) is 245 cm³/mol. The van der Waals surface area contributed by atoms with Gasteiger partial charge in [0.1, 0.15) is 36.1 Å². The first-order valence-corrected chi connectivity index (χ1v) is 22.8. The largest absolute Gasteiger partial charge is 0.488 e. The Hall–Kier alpha value is -5.90. The molecule has 64 heavy (non-hydrogen) atoms. The van der Waals surface area contributed by atoms with E-state index in [-0.39, 0.29) is 47.8 Å². The lowest BCUT2D eigenvalue weighted by Crippen LogP contribution is -2.53. The normalized spacial score (nSPS) is 22.1. The molecular formula is C48H64N8O8. The maximum absolute atomic E-state index is 14.0. The molecule has 7 unspecified atom stereocenters. The van der Waals surface area contributed by atoms with Crippen LogP contribution in [0, 0.1) is 11.8 Å². The fraction of sp³-hybridized carbons (Fsp3) is 0.542. The van der Waals surface area contributed by atoms with E-state index in [1.807, 2.05) is 57.4 Å². The number of hydrogen-bond acceptors (Lipinski definition) is 11. The van der Waals surface area contributed by atoms with Gasteiger partial charge in [0, 0.05) is 36.6 Å². The van der Waals surface area contributed by atoms with Crippen LogP contribution in [0.4, 0.5) is 9.59 Å². The average molecular weight is 881 g/mol. The molecular weight excluding hydrogens is 817 g/mol. The second kappa shape index (κ2) is 19.9. The molecule has 16 nitrogen and oxygen atoms in total. The minimum absolute atomic E-state index is 0.0260. The molecule has 0 saturated carbocycles. The van der Waals surface area contributed by atoms with Gasteiger partial charge in [0.05, 0.1) is 56.5 Å². The fourth-order valence-corrected chi connectivity index (χ4v) is 9.76. The smallest absolute Gasteiger partial charge is 0.407 e. The Morgan fingerprint density at radius 1 is 0.938 bits per heavy atom. The zero-order valence-corrected chi connectivity index (χ0v) is 38.6. The third-order valence-corrected chi connectivity index (χ3v) is 12.9. The number of ether oxygens (including phenoxy) is 4. The number of aromatic amines is 1. The van der Waals surface area contributed by atoms with Gasteiger partial charge in [0.2, 0.25) is 11.8 Å². The van der Waals surface area contributed by atoms with Crippen LogP contribution in [0.1, 0.15) is 103 Å². The Morgan fingerprint density at radius 3 is 2.42 bits per heavy atom. The molecule has 4 aliphatic rings. The second-order valence-corrected chi connectivity index (χ2v) is 17.4. The number of amides is 4. The first-order chi connectivity index (χ1) is 30.9. The van der Waals surface area contributed by atoms with Gasteiger partial charge in [-0.25, -0.2) is 14.6 Å². The summed E-state index contributed by atoms with van der Waals surface area (Å²) in [6.45, 7) is 13.8. The summed E-state index contributed by atoms with van der Waals surface area (Å²) in [5, 5.41) is 11.1. The summed E-state index contributed by atoms with van der Waals surface area (Å²) in [4.78, 5) is 69.5. The van der Waals surface area contributed by atoms with E-state index in [9.17, 15) is 19.2 Å². The van der Waals surface area contributed by atoms with Crippen molar-refractivity contribution in [2.75, 3.05) is 41.0 Å². The molecule has 1 aromatic heterocycles. The van der Waals surface area contributed by atoms with Gasteiger partial charge in [-0.05, 0) is 84.9 Å². The summed E-state index contributed by atoms with van der Waals surface area (Å²) < 4.78 is 21.6. The first-order valence-electron chi connectivity index (χ1n) is 22.8. The van der Waals surface area contributed by atoms with Crippen LogP contribution in [-0.2, 0) is 30.4 Å². The van der Waals surface area contributed by atoms with E-state index >= 15 is 0 Å². The standard InChI is InChI=1S/C46H58N8O8.C2H6/c1-8-9-34(50-45(57)60-6)43(55)53-21-26(22-59-5)16-37(53)41-47-20-35(49-41)28-11-13-30-29(17-28)23-62-38-19-31-27(18-32(30)38)12-14-33-40(31)51-42(48-33)36-15-10-25(4)54(36)44(56)39(24(2)3)52-46(58)61-7;1-2/h11-14,17-19,24-26,34-37,39H,8-10,15-16,20-23H2,1-7H3,(H,47,49)(H,48,51)(H,50,57)(H,52,58);1-2H3. The number of imidazole rings is 1. The highest BCUT2D eigenvalue weighted by Gasteiger charge is 2.43. The molecule has 4 aliphatic heterocycles. The molecule has 5 heterocycles. The molecule has 0 aliphatic carbocycles. The van der Waals surface area contributed by atoms with Crippen LogP contribution in [0.5, 0.6) is 5.75 Å². The van der Waals surface area contributed by atoms with Gasteiger partial charge in [-0.2, -0.15) is 0 Å². The molecule has 344 valence electrons. The van der Waals surface area contributed by atoms with Crippen molar-refractivity contribution in [1.29, 1.82) is 0 Å². The predicted octanol–water partition coefficient (Wildman–Crippen LogP) is 7.17. The summed E-state index contributed by atoms with van der Waals surface area (Å²) in [5.74, 6) is 1.97. The Kier molecular flexibility index (Phi) is 14.3. The summed E-state index contributed by atoms with van der Waals surface area (Å²) >= 11 is 0. The van der Waals surface area contributed by atoms with Crippen LogP contribution < -0.4 is 20.7 Å². The van der Waals surface area contributed by atoms with Gasteiger partial charge in [-0.3, -0.25) is 14.6 Å². The molecule has 4 aromatic rings. The van der Waals surface area contributed by atoms with Crippen molar-refractivity contribution in [2.24, 2.45) is 16.8 Å². The number of likely N-dealkylation sites (tertiary alicyclic amines) is 2. The molecule has 0 spiro atoms. The van der Waals surface area contributed by atoms with E-state index in [1.54, 1.807) is 7.11 Å². The Morgan fingerprint density at radius 2 is 1.70 bits per heavy atom. The minimum atomic E-state index is -0.726. The van der Waals surface area contributed by atoms with Crippen LogP contribution in [0.25, 0.3) is 32.9 Å². The number of alkyl carbamates (subject to hydrolysis) is 2. The van der Waals surface area contributed by atoms with Crippen molar-refractivity contribution in [2.45, 2.75) is 117 Å². The summed E-state index contributed by atoms with van der Waals surface area (Å²) in [5.41, 5.74) is 5.94. The number of hydrogen-bond donors (Lipinski definition) is 4. The Balaban J connectivity index is 0.00000302. The van der Waals surface area contributed by atoms with Crippen molar-refractivity contribution in [3.8, 4) is 16.9 Å². The maximum atomic E-state index is 14.0. The van der Waals surface area contributed by atoms with Crippen LogP contribution in [0.15, 0.2) is 47.5 Å². The topological polar surface area (TPSA) is 189 Å². The number of aliphatic imine (C=N–C) groups is 1.